The van der Waals surface area contributed by atoms with E-state index in [0.717, 1.165) is 32.7 Å². The molecule has 1 heterocycles. The number of nitrogens with two attached hydrogens (primary N) is 1. The van der Waals surface area contributed by atoms with Gasteiger partial charge in [-0.3, -0.25) is 0 Å². The Morgan fingerprint density at radius 2 is 1.59 bits per heavy atom. The van der Waals surface area contributed by atoms with Gasteiger partial charge in [-0.05, 0) is 50.2 Å². The largest absolute Gasteiger partial charge is 0.398 e. The Labute approximate surface area is 105 Å². The number of rotatable bonds is 2. The van der Waals surface area contributed by atoms with Gasteiger partial charge in [0.25, 0.3) is 0 Å². The molecule has 17 heavy (non-hydrogen) atoms. The number of para-hydroxylation sites is 1. The van der Waals surface area contributed by atoms with Crippen LogP contribution in [0.2, 0.25) is 0 Å². The first kappa shape index (κ1) is 11.9. The second kappa shape index (κ2) is 4.75. The molecule has 2 N–H and O–H groups in total. The Bertz CT molecular complexity index is 529. The molecular formula is C13H15N3S. The lowest BCUT2D eigenvalue weighted by molar-refractivity contribution is 0.881. The maximum atomic E-state index is 5.90. The first-order chi connectivity index (χ1) is 8.08. The van der Waals surface area contributed by atoms with Gasteiger partial charge in [0.15, 0.2) is 5.16 Å². The van der Waals surface area contributed by atoms with Gasteiger partial charge in [0.05, 0.1) is 0 Å². The van der Waals surface area contributed by atoms with Crippen LogP contribution in [-0.2, 0) is 0 Å². The van der Waals surface area contributed by atoms with Crippen molar-refractivity contribution in [3.8, 4) is 0 Å². The highest BCUT2D eigenvalue weighted by Gasteiger charge is 2.07. The van der Waals surface area contributed by atoms with Crippen LogP contribution >= 0.6 is 11.8 Å². The van der Waals surface area contributed by atoms with Crippen LogP contribution in [0.5, 0.6) is 0 Å². The van der Waals surface area contributed by atoms with Gasteiger partial charge in [-0.25, -0.2) is 9.97 Å². The van der Waals surface area contributed by atoms with E-state index >= 15 is 0 Å². The van der Waals surface area contributed by atoms with Crippen LogP contribution in [0.3, 0.4) is 0 Å². The van der Waals surface area contributed by atoms with Crippen LogP contribution in [-0.4, -0.2) is 9.97 Å². The predicted octanol–water partition coefficient (Wildman–Crippen LogP) is 3.14. The zero-order valence-electron chi connectivity index (χ0n) is 10.2. The Hall–Kier alpha value is -1.55. The molecule has 0 spiro atoms. The van der Waals surface area contributed by atoms with Crippen LogP contribution in [0.4, 0.5) is 5.69 Å². The average Bonchev–Trinajstić information content (AvgIpc) is 2.29. The van der Waals surface area contributed by atoms with Gasteiger partial charge in [0.2, 0.25) is 0 Å². The maximum Gasteiger partial charge on any atom is 0.192 e. The molecule has 0 unspecified atom stereocenters. The van der Waals surface area contributed by atoms with Crippen molar-refractivity contribution < 1.29 is 0 Å². The van der Waals surface area contributed by atoms with E-state index < -0.39 is 0 Å². The van der Waals surface area contributed by atoms with Crippen molar-refractivity contribution in [3.05, 3.63) is 41.2 Å². The smallest absolute Gasteiger partial charge is 0.192 e. The van der Waals surface area contributed by atoms with Gasteiger partial charge in [0, 0.05) is 22.0 Å². The minimum atomic E-state index is 0.753. The van der Waals surface area contributed by atoms with Gasteiger partial charge in [-0.1, -0.05) is 12.1 Å². The third-order valence-corrected chi connectivity index (χ3v) is 3.69. The number of anilines is 1. The molecule has 2 rings (SSSR count). The Balaban J connectivity index is 2.34. The summed E-state index contributed by atoms with van der Waals surface area (Å²) in [4.78, 5) is 9.93. The highest BCUT2D eigenvalue weighted by atomic mass is 32.2. The summed E-state index contributed by atoms with van der Waals surface area (Å²) in [6, 6.07) is 7.75. The third kappa shape index (κ3) is 2.58. The summed E-state index contributed by atoms with van der Waals surface area (Å²) in [6.07, 6.45) is 0. The summed E-state index contributed by atoms with van der Waals surface area (Å²) in [5, 5.41) is 0.753. The van der Waals surface area contributed by atoms with E-state index in [1.54, 1.807) is 0 Å². The summed E-state index contributed by atoms with van der Waals surface area (Å²) in [5.74, 6) is 0. The van der Waals surface area contributed by atoms with Crippen molar-refractivity contribution in [2.24, 2.45) is 0 Å². The topological polar surface area (TPSA) is 51.8 Å². The maximum absolute atomic E-state index is 5.90. The lowest BCUT2D eigenvalue weighted by Gasteiger charge is -2.07. The van der Waals surface area contributed by atoms with Gasteiger partial charge >= 0.3 is 0 Å². The van der Waals surface area contributed by atoms with Crippen molar-refractivity contribution in [1.82, 2.24) is 9.97 Å². The minimum Gasteiger partial charge on any atom is -0.398 e. The van der Waals surface area contributed by atoms with Crippen molar-refractivity contribution in [2.45, 2.75) is 30.8 Å². The van der Waals surface area contributed by atoms with E-state index in [4.69, 9.17) is 5.73 Å². The molecule has 0 atom stereocenters. The number of nitrogens with zero attached hydrogens (tertiary/aromatic N) is 2. The van der Waals surface area contributed by atoms with Crippen LogP contribution in [0.25, 0.3) is 0 Å². The standard InChI is InChI=1S/C13H15N3S/c1-8-9(2)15-13(16-10(8)3)17-12-7-5-4-6-11(12)14/h4-7H,14H2,1-3H3. The number of aromatic nitrogens is 2. The molecule has 0 bridgehead atoms. The molecule has 0 amide bonds. The van der Waals surface area contributed by atoms with Crippen molar-refractivity contribution in [1.29, 1.82) is 0 Å². The fraction of sp³-hybridized carbons (Fsp3) is 0.231. The molecule has 0 aliphatic carbocycles. The molecule has 1 aromatic heterocycles. The lowest BCUT2D eigenvalue weighted by Crippen LogP contribution is -1.98. The number of hydrogen-bond acceptors (Lipinski definition) is 4. The third-order valence-electron chi connectivity index (χ3n) is 2.73. The van der Waals surface area contributed by atoms with E-state index in [2.05, 4.69) is 9.97 Å². The molecular weight excluding hydrogens is 230 g/mol. The normalized spacial score (nSPS) is 10.5. The van der Waals surface area contributed by atoms with E-state index in [0.29, 0.717) is 0 Å². The highest BCUT2D eigenvalue weighted by molar-refractivity contribution is 7.99. The second-order valence-electron chi connectivity index (χ2n) is 3.94. The number of benzene rings is 1. The summed E-state index contributed by atoms with van der Waals surface area (Å²) in [6.45, 7) is 6.04. The van der Waals surface area contributed by atoms with Gasteiger partial charge in [-0.2, -0.15) is 0 Å². The van der Waals surface area contributed by atoms with E-state index in [-0.39, 0.29) is 0 Å². The van der Waals surface area contributed by atoms with Crippen molar-refractivity contribution in [3.63, 3.8) is 0 Å². The highest BCUT2D eigenvalue weighted by Crippen LogP contribution is 2.30. The summed E-state index contributed by atoms with van der Waals surface area (Å²) in [7, 11) is 0. The molecule has 0 fully saturated rings. The van der Waals surface area contributed by atoms with Crippen LogP contribution in [0.1, 0.15) is 17.0 Å². The number of aryl methyl sites for hydroxylation is 2. The first-order valence-electron chi connectivity index (χ1n) is 5.42. The predicted molar refractivity (Wildman–Crippen MR) is 71.2 cm³/mol. The van der Waals surface area contributed by atoms with Gasteiger partial charge < -0.3 is 5.73 Å². The zero-order valence-corrected chi connectivity index (χ0v) is 11.0. The van der Waals surface area contributed by atoms with E-state index in [9.17, 15) is 0 Å². The summed E-state index contributed by atoms with van der Waals surface area (Å²) < 4.78 is 0. The second-order valence-corrected chi connectivity index (χ2v) is 4.95. The average molecular weight is 245 g/mol. The number of nitrogen functional groups attached to an aromatic ring is 1. The fourth-order valence-electron chi connectivity index (χ4n) is 1.46. The molecule has 88 valence electrons. The molecule has 3 nitrogen and oxygen atoms in total. The summed E-state index contributed by atoms with van der Waals surface area (Å²) >= 11 is 1.50. The lowest BCUT2D eigenvalue weighted by atomic mass is 10.2. The monoisotopic (exact) mass is 245 g/mol. The quantitative estimate of drug-likeness (QED) is 0.652. The van der Waals surface area contributed by atoms with Crippen molar-refractivity contribution in [2.75, 3.05) is 5.73 Å². The van der Waals surface area contributed by atoms with Crippen LogP contribution < -0.4 is 5.73 Å². The molecule has 0 aliphatic heterocycles. The molecule has 0 radical (unpaired) electrons. The Morgan fingerprint density at radius 3 is 2.18 bits per heavy atom. The first-order valence-corrected chi connectivity index (χ1v) is 6.24. The van der Waals surface area contributed by atoms with Gasteiger partial charge in [-0.15, -0.1) is 0 Å². The molecule has 2 aromatic rings. The van der Waals surface area contributed by atoms with E-state index in [1.165, 1.54) is 11.8 Å². The van der Waals surface area contributed by atoms with Crippen molar-refractivity contribution >= 4 is 17.4 Å². The SMILES string of the molecule is Cc1nc(Sc2ccccc2N)nc(C)c1C. The molecule has 4 heteroatoms. The fourth-order valence-corrected chi connectivity index (χ4v) is 2.35. The van der Waals surface area contributed by atoms with Gasteiger partial charge in [0.1, 0.15) is 0 Å². The Morgan fingerprint density at radius 1 is 1.00 bits per heavy atom. The van der Waals surface area contributed by atoms with E-state index in [1.807, 2.05) is 45.0 Å². The molecule has 0 aliphatic rings. The zero-order chi connectivity index (χ0) is 12.4. The minimum absolute atomic E-state index is 0.753. The molecule has 0 saturated heterocycles. The van der Waals surface area contributed by atoms with Crippen LogP contribution in [0, 0.1) is 20.8 Å². The molecule has 1 aromatic carbocycles. The summed E-state index contributed by atoms with van der Waals surface area (Å²) in [5.41, 5.74) is 9.85. The Kier molecular flexibility index (Phi) is 3.33. The number of hydrogen-bond donors (Lipinski definition) is 1. The van der Waals surface area contributed by atoms with Crippen LogP contribution in [0.15, 0.2) is 34.3 Å². The molecule has 0 saturated carbocycles.